The molecule has 0 saturated heterocycles. The van der Waals surface area contributed by atoms with E-state index in [1.807, 2.05) is 13.8 Å². The molecule has 0 spiro atoms. The van der Waals surface area contributed by atoms with E-state index >= 15 is 0 Å². The lowest BCUT2D eigenvalue weighted by Gasteiger charge is -2.21. The first-order valence-electron chi connectivity index (χ1n) is 8.96. The van der Waals surface area contributed by atoms with E-state index < -0.39 is 23.0 Å². The number of aliphatic carboxylic acids is 1. The van der Waals surface area contributed by atoms with Crippen LogP contribution in [-0.2, 0) is 22.6 Å². The highest BCUT2D eigenvalue weighted by molar-refractivity contribution is 5.74. The topological polar surface area (TPSA) is 127 Å². The van der Waals surface area contributed by atoms with Gasteiger partial charge in [0.2, 0.25) is 0 Å². The second kappa shape index (κ2) is 9.75. The summed E-state index contributed by atoms with van der Waals surface area (Å²) in [5.74, 6) is -0.810. The summed E-state index contributed by atoms with van der Waals surface area (Å²) < 4.78 is 1.75. The van der Waals surface area contributed by atoms with Crippen molar-refractivity contribution in [1.29, 1.82) is 0 Å². The van der Waals surface area contributed by atoms with Crippen LogP contribution in [0.2, 0.25) is 0 Å². The number of carboxylic acid groups (broad SMARTS) is 1. The quantitative estimate of drug-likeness (QED) is 0.342. The number of hydrogen-bond donors (Lipinski definition) is 2. The summed E-state index contributed by atoms with van der Waals surface area (Å²) in [5.41, 5.74) is 1.35. The third-order valence-corrected chi connectivity index (χ3v) is 4.29. The van der Waals surface area contributed by atoms with E-state index in [4.69, 9.17) is 0 Å². The van der Waals surface area contributed by atoms with Gasteiger partial charge >= 0.3 is 5.97 Å². The SMILES string of the molecule is CC(C)CC(C=O)N[C@@H](Cc1cncn1Cc1cccc([N+](=O)[O-])c1)C(=O)O. The number of aldehydes is 1. The number of carboxylic acids is 1. The number of carbonyl (C=O) groups is 2. The number of carbonyl (C=O) groups excluding carboxylic acids is 1. The first-order valence-corrected chi connectivity index (χ1v) is 8.96. The molecular formula is C19H24N4O5. The van der Waals surface area contributed by atoms with Gasteiger partial charge in [-0.15, -0.1) is 0 Å². The van der Waals surface area contributed by atoms with Crippen molar-refractivity contribution >= 4 is 17.9 Å². The van der Waals surface area contributed by atoms with Gasteiger partial charge in [-0.1, -0.05) is 26.0 Å². The Bertz CT molecular complexity index is 833. The third kappa shape index (κ3) is 5.98. The zero-order valence-corrected chi connectivity index (χ0v) is 15.8. The van der Waals surface area contributed by atoms with Crippen LogP contribution < -0.4 is 5.32 Å². The van der Waals surface area contributed by atoms with Gasteiger partial charge in [0.25, 0.3) is 5.69 Å². The zero-order valence-electron chi connectivity index (χ0n) is 15.8. The van der Waals surface area contributed by atoms with Gasteiger partial charge in [0.1, 0.15) is 12.3 Å². The summed E-state index contributed by atoms with van der Waals surface area (Å²) in [6.07, 6.45) is 4.52. The van der Waals surface area contributed by atoms with E-state index in [9.17, 15) is 24.8 Å². The fraction of sp³-hybridized carbons (Fsp3) is 0.421. The zero-order chi connectivity index (χ0) is 20.7. The number of non-ortho nitro benzene ring substituents is 1. The van der Waals surface area contributed by atoms with Gasteiger partial charge in [-0.25, -0.2) is 4.98 Å². The molecule has 2 rings (SSSR count). The van der Waals surface area contributed by atoms with Crippen molar-refractivity contribution in [3.63, 3.8) is 0 Å². The molecule has 1 aromatic carbocycles. The van der Waals surface area contributed by atoms with Crippen molar-refractivity contribution in [1.82, 2.24) is 14.9 Å². The highest BCUT2D eigenvalue weighted by atomic mass is 16.6. The highest BCUT2D eigenvalue weighted by Gasteiger charge is 2.24. The van der Waals surface area contributed by atoms with Crippen molar-refractivity contribution in [2.24, 2.45) is 5.92 Å². The number of nitrogens with one attached hydrogen (secondary N) is 1. The summed E-state index contributed by atoms with van der Waals surface area (Å²) in [6, 6.07) is 4.75. The molecule has 1 unspecified atom stereocenters. The molecule has 28 heavy (non-hydrogen) atoms. The molecule has 0 radical (unpaired) electrons. The summed E-state index contributed by atoms with van der Waals surface area (Å²) in [5, 5.41) is 23.4. The second-order valence-corrected chi connectivity index (χ2v) is 7.07. The molecule has 150 valence electrons. The number of rotatable bonds is 11. The van der Waals surface area contributed by atoms with Crippen molar-refractivity contribution in [3.8, 4) is 0 Å². The van der Waals surface area contributed by atoms with Crippen molar-refractivity contribution in [3.05, 3.63) is 58.2 Å². The average Bonchev–Trinajstić information content (AvgIpc) is 3.06. The summed E-state index contributed by atoms with van der Waals surface area (Å²) in [6.45, 7) is 4.25. The van der Waals surface area contributed by atoms with E-state index in [2.05, 4.69) is 10.3 Å². The Morgan fingerprint density at radius 1 is 1.43 bits per heavy atom. The molecule has 9 nitrogen and oxygen atoms in total. The van der Waals surface area contributed by atoms with Gasteiger partial charge < -0.3 is 14.5 Å². The van der Waals surface area contributed by atoms with Gasteiger partial charge in [-0.05, 0) is 17.9 Å². The Kier molecular flexibility index (Phi) is 7.39. The van der Waals surface area contributed by atoms with Crippen LogP contribution in [0.25, 0.3) is 0 Å². The van der Waals surface area contributed by atoms with E-state index in [1.54, 1.807) is 29.2 Å². The van der Waals surface area contributed by atoms with E-state index in [0.717, 1.165) is 6.29 Å². The Balaban J connectivity index is 2.14. The lowest BCUT2D eigenvalue weighted by Crippen LogP contribution is -2.46. The predicted molar refractivity (Wildman–Crippen MR) is 102 cm³/mol. The number of nitrogens with zero attached hydrogens (tertiary/aromatic N) is 3. The van der Waals surface area contributed by atoms with Crippen LogP contribution >= 0.6 is 0 Å². The molecule has 0 aliphatic rings. The molecule has 2 aromatic rings. The Hall–Kier alpha value is -3.07. The summed E-state index contributed by atoms with van der Waals surface area (Å²) in [4.78, 5) is 37.5. The Labute approximate surface area is 162 Å². The van der Waals surface area contributed by atoms with Crippen LogP contribution in [0, 0.1) is 16.0 Å². The normalized spacial score (nSPS) is 13.2. The molecule has 0 aliphatic carbocycles. The average molecular weight is 388 g/mol. The molecule has 2 atom stereocenters. The first-order chi connectivity index (χ1) is 13.3. The molecular weight excluding hydrogens is 364 g/mol. The molecule has 1 aromatic heterocycles. The Morgan fingerprint density at radius 2 is 2.18 bits per heavy atom. The second-order valence-electron chi connectivity index (χ2n) is 7.07. The maximum Gasteiger partial charge on any atom is 0.321 e. The van der Waals surface area contributed by atoms with Gasteiger partial charge in [0.15, 0.2) is 0 Å². The van der Waals surface area contributed by atoms with E-state index in [1.165, 1.54) is 12.1 Å². The first kappa shape index (κ1) is 21.2. The summed E-state index contributed by atoms with van der Waals surface area (Å²) in [7, 11) is 0. The van der Waals surface area contributed by atoms with Crippen LogP contribution in [0.3, 0.4) is 0 Å². The minimum absolute atomic E-state index is 0.00763. The van der Waals surface area contributed by atoms with Crippen LogP contribution in [-0.4, -0.2) is 43.9 Å². The fourth-order valence-electron chi connectivity index (χ4n) is 2.98. The maximum absolute atomic E-state index is 11.7. The molecule has 0 amide bonds. The van der Waals surface area contributed by atoms with E-state index in [-0.39, 0.29) is 18.0 Å². The maximum atomic E-state index is 11.7. The lowest BCUT2D eigenvalue weighted by molar-refractivity contribution is -0.384. The monoisotopic (exact) mass is 388 g/mol. The smallest absolute Gasteiger partial charge is 0.321 e. The Morgan fingerprint density at radius 3 is 2.79 bits per heavy atom. The molecule has 1 heterocycles. The molecule has 0 fully saturated rings. The molecule has 9 heteroatoms. The molecule has 0 bridgehead atoms. The minimum atomic E-state index is -1.06. The molecule has 0 aliphatic heterocycles. The van der Waals surface area contributed by atoms with Gasteiger partial charge in [-0.3, -0.25) is 20.2 Å². The van der Waals surface area contributed by atoms with Gasteiger partial charge in [0, 0.05) is 37.0 Å². The largest absolute Gasteiger partial charge is 0.480 e. The lowest BCUT2D eigenvalue weighted by atomic mass is 10.0. The fourth-order valence-corrected chi connectivity index (χ4v) is 2.98. The highest BCUT2D eigenvalue weighted by Crippen LogP contribution is 2.16. The van der Waals surface area contributed by atoms with Crippen LogP contribution in [0.1, 0.15) is 31.5 Å². The van der Waals surface area contributed by atoms with Crippen LogP contribution in [0.15, 0.2) is 36.8 Å². The number of imidazole rings is 1. The van der Waals surface area contributed by atoms with Gasteiger partial charge in [0.05, 0.1) is 17.3 Å². The van der Waals surface area contributed by atoms with Crippen molar-refractivity contribution < 1.29 is 19.6 Å². The van der Waals surface area contributed by atoms with Crippen LogP contribution in [0.4, 0.5) is 5.69 Å². The molecule has 0 saturated carbocycles. The minimum Gasteiger partial charge on any atom is -0.480 e. The number of nitro benzene ring substituents is 1. The number of hydrogen-bond acceptors (Lipinski definition) is 6. The summed E-state index contributed by atoms with van der Waals surface area (Å²) >= 11 is 0. The number of nitro groups is 1. The van der Waals surface area contributed by atoms with E-state index in [0.29, 0.717) is 24.2 Å². The van der Waals surface area contributed by atoms with Gasteiger partial charge in [-0.2, -0.15) is 0 Å². The van der Waals surface area contributed by atoms with Crippen molar-refractivity contribution in [2.75, 3.05) is 0 Å². The third-order valence-electron chi connectivity index (χ3n) is 4.29. The number of benzene rings is 1. The van der Waals surface area contributed by atoms with Crippen LogP contribution in [0.5, 0.6) is 0 Å². The number of aromatic nitrogens is 2. The standard InChI is InChI=1S/C19H24N4O5/c1-13(2)6-15(11-24)21-18(19(25)26)8-17-9-20-12-22(17)10-14-4-3-5-16(7-14)23(27)28/h3-5,7,9,11-13,15,18,21H,6,8,10H2,1-2H3,(H,25,26)/t15?,18-/m0/s1. The predicted octanol–water partition coefficient (Wildman–Crippen LogP) is 2.04. The van der Waals surface area contributed by atoms with Crippen molar-refractivity contribution in [2.45, 2.75) is 45.3 Å². The molecule has 2 N–H and O–H groups in total.